The van der Waals surface area contributed by atoms with Crippen LogP contribution in [0.1, 0.15) is 19.8 Å². The fourth-order valence-electron chi connectivity index (χ4n) is 1.75. The van der Waals surface area contributed by atoms with E-state index in [0.717, 1.165) is 32.7 Å². The lowest BCUT2D eigenvalue weighted by Crippen LogP contribution is -2.37. The van der Waals surface area contributed by atoms with E-state index in [1.807, 2.05) is 0 Å². The van der Waals surface area contributed by atoms with Crippen LogP contribution in [0.2, 0.25) is 0 Å². The first-order chi connectivity index (χ1) is 6.77. The molecular weight excluding hydrogens is 182 g/mol. The van der Waals surface area contributed by atoms with Gasteiger partial charge in [0, 0.05) is 19.2 Å². The van der Waals surface area contributed by atoms with Crippen molar-refractivity contribution in [1.82, 2.24) is 4.90 Å². The van der Waals surface area contributed by atoms with Crippen LogP contribution in [0.5, 0.6) is 0 Å². The van der Waals surface area contributed by atoms with Crippen LogP contribution in [0, 0.1) is 0 Å². The van der Waals surface area contributed by atoms with E-state index in [9.17, 15) is 4.79 Å². The maximum absolute atomic E-state index is 11.0. The highest BCUT2D eigenvalue weighted by molar-refractivity contribution is 5.69. The fourth-order valence-corrected chi connectivity index (χ4v) is 1.75. The first kappa shape index (κ1) is 11.5. The van der Waals surface area contributed by atoms with Gasteiger partial charge in [-0.05, 0) is 13.0 Å². The van der Waals surface area contributed by atoms with Gasteiger partial charge in [0.15, 0.2) is 0 Å². The minimum Gasteiger partial charge on any atom is -0.469 e. The van der Waals surface area contributed by atoms with Gasteiger partial charge in [-0.25, -0.2) is 0 Å². The molecule has 1 unspecified atom stereocenters. The van der Waals surface area contributed by atoms with Crippen LogP contribution in [0.3, 0.4) is 0 Å². The number of ether oxygens (including phenoxy) is 2. The van der Waals surface area contributed by atoms with E-state index in [-0.39, 0.29) is 5.97 Å². The zero-order valence-corrected chi connectivity index (χ0v) is 8.99. The second-order valence-corrected chi connectivity index (χ2v) is 3.47. The van der Waals surface area contributed by atoms with E-state index < -0.39 is 0 Å². The van der Waals surface area contributed by atoms with Crippen molar-refractivity contribution in [3.05, 3.63) is 0 Å². The Morgan fingerprint density at radius 2 is 2.43 bits per heavy atom. The molecule has 82 valence electrons. The standard InChI is InChI=1S/C10H19NO3/c1-3-11(6-4-10(12)13-2)9-5-7-14-8-9/h9H,3-8H2,1-2H3. The highest BCUT2D eigenvalue weighted by atomic mass is 16.5. The first-order valence-electron chi connectivity index (χ1n) is 5.16. The smallest absolute Gasteiger partial charge is 0.306 e. The average Bonchev–Trinajstić information content (AvgIpc) is 2.72. The highest BCUT2D eigenvalue weighted by Gasteiger charge is 2.22. The van der Waals surface area contributed by atoms with Crippen molar-refractivity contribution in [2.75, 3.05) is 33.4 Å². The molecule has 4 heteroatoms. The third-order valence-electron chi connectivity index (χ3n) is 2.66. The number of carbonyl (C=O) groups excluding carboxylic acids is 1. The van der Waals surface area contributed by atoms with Crippen molar-refractivity contribution in [2.45, 2.75) is 25.8 Å². The van der Waals surface area contributed by atoms with Crippen LogP contribution < -0.4 is 0 Å². The Labute approximate surface area is 85.2 Å². The molecular formula is C10H19NO3. The number of hydrogen-bond donors (Lipinski definition) is 0. The van der Waals surface area contributed by atoms with E-state index in [2.05, 4.69) is 16.6 Å². The predicted octanol–water partition coefficient (Wildman–Crippen LogP) is 0.660. The molecule has 0 N–H and O–H groups in total. The number of rotatable bonds is 5. The number of likely N-dealkylation sites (N-methyl/N-ethyl adjacent to an activating group) is 1. The van der Waals surface area contributed by atoms with E-state index in [4.69, 9.17) is 4.74 Å². The molecule has 0 saturated carbocycles. The molecule has 0 aliphatic carbocycles. The van der Waals surface area contributed by atoms with Crippen molar-refractivity contribution in [3.8, 4) is 0 Å². The molecule has 4 nitrogen and oxygen atoms in total. The summed E-state index contributed by atoms with van der Waals surface area (Å²) in [4.78, 5) is 13.2. The lowest BCUT2D eigenvalue weighted by atomic mass is 10.2. The SMILES string of the molecule is CCN(CCC(=O)OC)C1CCOC1. The number of nitrogens with zero attached hydrogens (tertiary/aromatic N) is 1. The molecule has 0 amide bonds. The van der Waals surface area contributed by atoms with Crippen molar-refractivity contribution in [1.29, 1.82) is 0 Å². The molecule has 1 rings (SSSR count). The number of esters is 1. The molecule has 1 saturated heterocycles. The van der Waals surface area contributed by atoms with Gasteiger partial charge < -0.3 is 9.47 Å². The van der Waals surface area contributed by atoms with Crippen molar-refractivity contribution in [3.63, 3.8) is 0 Å². The highest BCUT2D eigenvalue weighted by Crippen LogP contribution is 2.12. The molecule has 0 bridgehead atoms. The Morgan fingerprint density at radius 3 is 2.93 bits per heavy atom. The van der Waals surface area contributed by atoms with Gasteiger partial charge in [0.05, 0.1) is 20.1 Å². The van der Waals surface area contributed by atoms with Crippen molar-refractivity contribution in [2.24, 2.45) is 0 Å². The Kier molecular flexibility index (Phi) is 4.90. The van der Waals surface area contributed by atoms with Gasteiger partial charge in [-0.3, -0.25) is 9.69 Å². The van der Waals surface area contributed by atoms with E-state index in [0.29, 0.717) is 12.5 Å². The van der Waals surface area contributed by atoms with Crippen molar-refractivity contribution >= 4 is 5.97 Å². The monoisotopic (exact) mass is 201 g/mol. The minimum atomic E-state index is -0.137. The summed E-state index contributed by atoms with van der Waals surface area (Å²) in [6.45, 7) is 5.49. The van der Waals surface area contributed by atoms with Crippen LogP contribution in [-0.2, 0) is 14.3 Å². The van der Waals surface area contributed by atoms with Crippen LogP contribution >= 0.6 is 0 Å². The minimum absolute atomic E-state index is 0.137. The Morgan fingerprint density at radius 1 is 1.64 bits per heavy atom. The Hall–Kier alpha value is -0.610. The third kappa shape index (κ3) is 3.27. The number of methoxy groups -OCH3 is 1. The average molecular weight is 201 g/mol. The molecule has 1 atom stereocenters. The lowest BCUT2D eigenvalue weighted by molar-refractivity contribution is -0.141. The molecule has 1 aliphatic rings. The van der Waals surface area contributed by atoms with Gasteiger partial charge in [-0.2, -0.15) is 0 Å². The summed E-state index contributed by atoms with van der Waals surface area (Å²) in [5, 5.41) is 0. The van der Waals surface area contributed by atoms with Crippen molar-refractivity contribution < 1.29 is 14.3 Å². The summed E-state index contributed by atoms with van der Waals surface area (Å²) in [7, 11) is 1.43. The molecule has 0 aromatic rings. The van der Waals surface area contributed by atoms with Crippen LogP contribution in [0.4, 0.5) is 0 Å². The van der Waals surface area contributed by atoms with Crippen LogP contribution in [0.15, 0.2) is 0 Å². The van der Waals surface area contributed by atoms with Gasteiger partial charge in [-0.1, -0.05) is 6.92 Å². The molecule has 14 heavy (non-hydrogen) atoms. The third-order valence-corrected chi connectivity index (χ3v) is 2.66. The molecule has 0 radical (unpaired) electrons. The quantitative estimate of drug-likeness (QED) is 0.612. The fraction of sp³-hybridized carbons (Fsp3) is 0.900. The van der Waals surface area contributed by atoms with Gasteiger partial charge in [0.2, 0.25) is 0 Å². The first-order valence-corrected chi connectivity index (χ1v) is 5.16. The van der Waals surface area contributed by atoms with E-state index >= 15 is 0 Å². The van der Waals surface area contributed by atoms with Gasteiger partial charge in [0.1, 0.15) is 0 Å². The second kappa shape index (κ2) is 5.98. The zero-order chi connectivity index (χ0) is 10.4. The summed E-state index contributed by atoms with van der Waals surface area (Å²) in [6.07, 6.45) is 1.55. The van der Waals surface area contributed by atoms with Gasteiger partial charge in [0.25, 0.3) is 0 Å². The van der Waals surface area contributed by atoms with Crippen LogP contribution in [-0.4, -0.2) is 50.3 Å². The molecule has 0 aromatic heterocycles. The van der Waals surface area contributed by atoms with Gasteiger partial charge >= 0.3 is 5.97 Å². The van der Waals surface area contributed by atoms with Crippen LogP contribution in [0.25, 0.3) is 0 Å². The van der Waals surface area contributed by atoms with Gasteiger partial charge in [-0.15, -0.1) is 0 Å². The summed E-state index contributed by atoms with van der Waals surface area (Å²) in [5.41, 5.74) is 0. The molecule has 0 spiro atoms. The summed E-state index contributed by atoms with van der Waals surface area (Å²) in [6, 6.07) is 0.490. The summed E-state index contributed by atoms with van der Waals surface area (Å²) in [5.74, 6) is -0.137. The zero-order valence-electron chi connectivity index (χ0n) is 8.99. The predicted molar refractivity (Wildman–Crippen MR) is 53.1 cm³/mol. The van der Waals surface area contributed by atoms with E-state index in [1.54, 1.807) is 0 Å². The summed E-state index contributed by atoms with van der Waals surface area (Å²) < 4.78 is 9.93. The normalized spacial score (nSPS) is 21.5. The maximum atomic E-state index is 11.0. The second-order valence-electron chi connectivity index (χ2n) is 3.47. The lowest BCUT2D eigenvalue weighted by Gasteiger charge is -2.25. The topological polar surface area (TPSA) is 38.8 Å². The Bertz CT molecular complexity index is 178. The number of hydrogen-bond acceptors (Lipinski definition) is 4. The maximum Gasteiger partial charge on any atom is 0.306 e. The molecule has 1 heterocycles. The summed E-state index contributed by atoms with van der Waals surface area (Å²) >= 11 is 0. The number of carbonyl (C=O) groups is 1. The molecule has 0 aromatic carbocycles. The van der Waals surface area contributed by atoms with E-state index in [1.165, 1.54) is 7.11 Å². The molecule has 1 aliphatic heterocycles. The largest absolute Gasteiger partial charge is 0.469 e. The molecule has 1 fully saturated rings. The Balaban J connectivity index is 2.27.